The first-order valence-electron chi connectivity index (χ1n) is 5.39. The smallest absolute Gasteiger partial charge is 0.166 e. The molecule has 0 aliphatic carbocycles. The van der Waals surface area contributed by atoms with E-state index in [2.05, 4.69) is 10.6 Å². The van der Waals surface area contributed by atoms with Crippen molar-refractivity contribution < 1.29 is 9.47 Å². The molecule has 0 saturated heterocycles. The lowest BCUT2D eigenvalue weighted by Gasteiger charge is -2.09. The van der Waals surface area contributed by atoms with Crippen molar-refractivity contribution in [3.8, 4) is 0 Å². The zero-order valence-corrected chi connectivity index (χ0v) is 10.5. The molecule has 0 atom stereocenters. The Hall–Kier alpha value is -0.390. The maximum absolute atomic E-state index is 5.21. The van der Waals surface area contributed by atoms with E-state index in [4.69, 9.17) is 21.7 Å². The average molecular weight is 234 g/mol. The molecule has 0 aromatic carbocycles. The molecule has 0 fully saturated rings. The molecule has 0 aromatic heterocycles. The van der Waals surface area contributed by atoms with Crippen molar-refractivity contribution in [1.82, 2.24) is 10.6 Å². The third-order valence-electron chi connectivity index (χ3n) is 1.77. The van der Waals surface area contributed by atoms with Gasteiger partial charge in [0, 0.05) is 40.0 Å². The number of ether oxygens (including phenoxy) is 2. The number of hydrogen-bond acceptors (Lipinski definition) is 3. The van der Waals surface area contributed by atoms with Gasteiger partial charge in [0.15, 0.2) is 5.11 Å². The Morgan fingerprint density at radius 2 is 1.73 bits per heavy atom. The van der Waals surface area contributed by atoms with Crippen LogP contribution in [0.1, 0.15) is 19.8 Å². The van der Waals surface area contributed by atoms with Crippen LogP contribution in [0, 0.1) is 0 Å². The molecule has 0 amide bonds. The largest absolute Gasteiger partial charge is 0.385 e. The average Bonchev–Trinajstić information content (AvgIpc) is 2.24. The summed E-state index contributed by atoms with van der Waals surface area (Å²) in [5.41, 5.74) is 0. The van der Waals surface area contributed by atoms with Crippen LogP contribution < -0.4 is 10.6 Å². The van der Waals surface area contributed by atoms with Gasteiger partial charge in [-0.25, -0.2) is 0 Å². The summed E-state index contributed by atoms with van der Waals surface area (Å²) in [5.74, 6) is 0. The van der Waals surface area contributed by atoms with Crippen molar-refractivity contribution in [2.24, 2.45) is 0 Å². The normalized spacial score (nSPS) is 10.0. The van der Waals surface area contributed by atoms with E-state index in [-0.39, 0.29) is 0 Å². The second kappa shape index (κ2) is 11.7. The van der Waals surface area contributed by atoms with Gasteiger partial charge in [0.25, 0.3) is 0 Å². The molecule has 0 saturated carbocycles. The molecule has 0 unspecified atom stereocenters. The minimum Gasteiger partial charge on any atom is -0.385 e. The molecule has 90 valence electrons. The van der Waals surface area contributed by atoms with Gasteiger partial charge in [-0.05, 0) is 32.0 Å². The lowest BCUT2D eigenvalue weighted by molar-refractivity contribution is 0.145. The molecule has 0 aromatic rings. The minimum atomic E-state index is 0.711. The van der Waals surface area contributed by atoms with Gasteiger partial charge < -0.3 is 20.1 Å². The molecular formula is C10H22N2O2S. The third kappa shape index (κ3) is 11.5. The monoisotopic (exact) mass is 234 g/mol. The van der Waals surface area contributed by atoms with Crippen molar-refractivity contribution in [1.29, 1.82) is 0 Å². The maximum atomic E-state index is 5.21. The highest BCUT2D eigenvalue weighted by molar-refractivity contribution is 7.80. The number of thiocarbonyl (C=S) groups is 1. The Morgan fingerprint density at radius 1 is 1.13 bits per heavy atom. The van der Waals surface area contributed by atoms with Gasteiger partial charge in [-0.3, -0.25) is 0 Å². The van der Waals surface area contributed by atoms with Crippen LogP contribution >= 0.6 is 12.2 Å². The van der Waals surface area contributed by atoms with Gasteiger partial charge in [-0.1, -0.05) is 0 Å². The molecule has 0 bridgehead atoms. The van der Waals surface area contributed by atoms with E-state index in [1.165, 1.54) is 0 Å². The van der Waals surface area contributed by atoms with E-state index in [1.807, 2.05) is 6.92 Å². The van der Waals surface area contributed by atoms with E-state index in [0.29, 0.717) is 5.11 Å². The molecule has 0 heterocycles. The quantitative estimate of drug-likeness (QED) is 0.458. The summed E-state index contributed by atoms with van der Waals surface area (Å²) in [6.07, 6.45) is 1.95. The Kier molecular flexibility index (Phi) is 11.4. The van der Waals surface area contributed by atoms with Gasteiger partial charge in [0.2, 0.25) is 0 Å². The van der Waals surface area contributed by atoms with Gasteiger partial charge in [-0.2, -0.15) is 0 Å². The van der Waals surface area contributed by atoms with Crippen LogP contribution in [-0.4, -0.2) is 45.1 Å². The van der Waals surface area contributed by atoms with Crippen molar-refractivity contribution in [2.75, 3.05) is 40.0 Å². The van der Waals surface area contributed by atoms with Crippen LogP contribution in [-0.2, 0) is 9.47 Å². The minimum absolute atomic E-state index is 0.711. The molecule has 0 radical (unpaired) electrons. The second-order valence-corrected chi connectivity index (χ2v) is 3.49. The topological polar surface area (TPSA) is 42.5 Å². The predicted molar refractivity (Wildman–Crippen MR) is 66.2 cm³/mol. The third-order valence-corrected chi connectivity index (χ3v) is 2.05. The van der Waals surface area contributed by atoms with Crippen LogP contribution in [0.4, 0.5) is 0 Å². The van der Waals surface area contributed by atoms with Crippen LogP contribution in [0.5, 0.6) is 0 Å². The summed E-state index contributed by atoms with van der Waals surface area (Å²) in [6.45, 7) is 6.03. The summed E-state index contributed by atoms with van der Waals surface area (Å²) >= 11 is 5.08. The highest BCUT2D eigenvalue weighted by atomic mass is 32.1. The maximum Gasteiger partial charge on any atom is 0.166 e. The molecule has 2 N–H and O–H groups in total. The molecule has 0 spiro atoms. The first kappa shape index (κ1) is 14.6. The first-order chi connectivity index (χ1) is 7.31. The molecule has 4 nitrogen and oxygen atoms in total. The van der Waals surface area contributed by atoms with Crippen molar-refractivity contribution in [3.05, 3.63) is 0 Å². The van der Waals surface area contributed by atoms with Crippen LogP contribution in [0.25, 0.3) is 0 Å². The Morgan fingerprint density at radius 3 is 2.27 bits per heavy atom. The molecule has 0 aliphatic rings. The number of methoxy groups -OCH3 is 1. The Balaban J connectivity index is 3.11. The van der Waals surface area contributed by atoms with Crippen LogP contribution in [0.2, 0.25) is 0 Å². The van der Waals surface area contributed by atoms with Gasteiger partial charge in [0.1, 0.15) is 0 Å². The molecule has 0 rings (SSSR count). The van der Waals surface area contributed by atoms with E-state index in [0.717, 1.165) is 45.8 Å². The standard InChI is InChI=1S/C10H22N2O2S/c1-3-14-9-5-7-12-10(15)11-6-4-8-13-2/h3-9H2,1-2H3,(H2,11,12,15). The molecule has 5 heteroatoms. The number of hydrogen-bond donors (Lipinski definition) is 2. The highest BCUT2D eigenvalue weighted by Gasteiger charge is 1.93. The fourth-order valence-electron chi connectivity index (χ4n) is 1.00. The van der Waals surface area contributed by atoms with Crippen LogP contribution in [0.3, 0.4) is 0 Å². The molecule has 0 aliphatic heterocycles. The summed E-state index contributed by atoms with van der Waals surface area (Å²) in [7, 11) is 1.70. The van der Waals surface area contributed by atoms with Gasteiger partial charge in [-0.15, -0.1) is 0 Å². The molecule has 15 heavy (non-hydrogen) atoms. The van der Waals surface area contributed by atoms with Crippen molar-refractivity contribution in [3.63, 3.8) is 0 Å². The first-order valence-corrected chi connectivity index (χ1v) is 5.80. The number of nitrogens with one attached hydrogen (secondary N) is 2. The Labute approximate surface area is 97.7 Å². The van der Waals surface area contributed by atoms with Gasteiger partial charge >= 0.3 is 0 Å². The number of rotatable bonds is 9. The Bertz CT molecular complexity index is 156. The zero-order chi connectivity index (χ0) is 11.4. The fourth-order valence-corrected chi connectivity index (χ4v) is 1.21. The predicted octanol–water partition coefficient (Wildman–Crippen LogP) is 0.914. The second-order valence-electron chi connectivity index (χ2n) is 3.08. The van der Waals surface area contributed by atoms with E-state index in [9.17, 15) is 0 Å². The summed E-state index contributed by atoms with van der Waals surface area (Å²) in [5, 5.41) is 6.94. The lowest BCUT2D eigenvalue weighted by atomic mass is 10.4. The van der Waals surface area contributed by atoms with Gasteiger partial charge in [0.05, 0.1) is 0 Å². The van der Waals surface area contributed by atoms with Crippen molar-refractivity contribution >= 4 is 17.3 Å². The summed E-state index contributed by atoms with van der Waals surface area (Å²) < 4.78 is 10.1. The summed E-state index contributed by atoms with van der Waals surface area (Å²) in [6, 6.07) is 0. The van der Waals surface area contributed by atoms with E-state index in [1.54, 1.807) is 7.11 Å². The fraction of sp³-hybridized carbons (Fsp3) is 0.900. The molecular weight excluding hydrogens is 212 g/mol. The van der Waals surface area contributed by atoms with E-state index < -0.39 is 0 Å². The SMILES string of the molecule is CCOCCCNC(=S)NCCCOC. The van der Waals surface area contributed by atoms with Crippen molar-refractivity contribution in [2.45, 2.75) is 19.8 Å². The lowest BCUT2D eigenvalue weighted by Crippen LogP contribution is -2.36. The highest BCUT2D eigenvalue weighted by Crippen LogP contribution is 1.81. The van der Waals surface area contributed by atoms with Crippen LogP contribution in [0.15, 0.2) is 0 Å². The summed E-state index contributed by atoms with van der Waals surface area (Å²) in [4.78, 5) is 0. The zero-order valence-electron chi connectivity index (χ0n) is 9.67. The van der Waals surface area contributed by atoms with E-state index >= 15 is 0 Å².